The van der Waals surface area contributed by atoms with E-state index in [9.17, 15) is 14.7 Å². The summed E-state index contributed by atoms with van der Waals surface area (Å²) in [5.74, 6) is 0.458. The Morgan fingerprint density at radius 1 is 1.42 bits per heavy atom. The number of carbonyl (C=O) groups is 2. The molecule has 24 heavy (non-hydrogen) atoms. The van der Waals surface area contributed by atoms with Gasteiger partial charge in [-0.05, 0) is 52.4 Å². The topological polar surface area (TPSA) is 92.9 Å². The Morgan fingerprint density at radius 2 is 2.12 bits per heavy atom. The van der Waals surface area contributed by atoms with Gasteiger partial charge in [-0.15, -0.1) is 0 Å². The van der Waals surface area contributed by atoms with Gasteiger partial charge in [-0.1, -0.05) is 5.16 Å². The van der Waals surface area contributed by atoms with Gasteiger partial charge in [0.25, 0.3) is 0 Å². The monoisotopic (exact) mass is 336 g/mol. The molecule has 1 aromatic heterocycles. The molecular weight excluding hydrogens is 312 g/mol. The van der Waals surface area contributed by atoms with Crippen LogP contribution < -0.4 is 0 Å². The number of carbonyl (C=O) groups excluding carboxylic acids is 1. The molecule has 2 heterocycles. The standard InChI is InChI=1S/C17H24N2O5/c1-17(2,3)23-16(22)19-9-10(7-13(19)15(20)21)6-12-8-14(24-18-12)11-4-5-11/h8,10-11,13H,4-7,9H2,1-3H3,(H,20,21)/t10-,13+/m1/s1. The minimum atomic E-state index is -0.998. The smallest absolute Gasteiger partial charge is 0.411 e. The van der Waals surface area contributed by atoms with Gasteiger partial charge in [0.2, 0.25) is 0 Å². The number of ether oxygens (including phenoxy) is 1. The molecule has 2 fully saturated rings. The molecule has 1 aliphatic carbocycles. The molecule has 2 aliphatic rings. The van der Waals surface area contributed by atoms with E-state index in [1.165, 1.54) is 4.90 Å². The van der Waals surface area contributed by atoms with Gasteiger partial charge in [-0.25, -0.2) is 9.59 Å². The number of hydrogen-bond donors (Lipinski definition) is 1. The third-order valence-corrected chi connectivity index (χ3v) is 4.36. The number of carboxylic acids is 1. The van der Waals surface area contributed by atoms with Gasteiger partial charge in [0, 0.05) is 18.5 Å². The lowest BCUT2D eigenvalue weighted by Gasteiger charge is -2.26. The van der Waals surface area contributed by atoms with Crippen LogP contribution in [0.3, 0.4) is 0 Å². The second kappa shape index (κ2) is 6.11. The van der Waals surface area contributed by atoms with E-state index in [0.29, 0.717) is 25.3 Å². The van der Waals surface area contributed by atoms with E-state index in [1.807, 2.05) is 6.07 Å². The number of rotatable bonds is 4. The van der Waals surface area contributed by atoms with Crippen molar-refractivity contribution in [1.82, 2.24) is 10.1 Å². The number of nitrogens with zero attached hydrogens (tertiary/aromatic N) is 2. The lowest BCUT2D eigenvalue weighted by molar-refractivity contribution is -0.142. The summed E-state index contributed by atoms with van der Waals surface area (Å²) in [7, 11) is 0. The molecule has 0 radical (unpaired) electrons. The zero-order valence-electron chi connectivity index (χ0n) is 14.3. The van der Waals surface area contributed by atoms with E-state index >= 15 is 0 Å². The van der Waals surface area contributed by atoms with Crippen LogP contribution in [0.25, 0.3) is 0 Å². The van der Waals surface area contributed by atoms with E-state index in [2.05, 4.69) is 5.16 Å². The van der Waals surface area contributed by atoms with E-state index in [4.69, 9.17) is 9.26 Å². The fourth-order valence-electron chi connectivity index (χ4n) is 3.11. The highest BCUT2D eigenvalue weighted by atomic mass is 16.6. The molecule has 1 aromatic rings. The molecule has 2 atom stereocenters. The summed E-state index contributed by atoms with van der Waals surface area (Å²) in [6.45, 7) is 5.66. The molecule has 0 unspecified atom stereocenters. The Hall–Kier alpha value is -2.05. The Bertz CT molecular complexity index is 629. The van der Waals surface area contributed by atoms with Gasteiger partial charge in [0.05, 0.1) is 5.69 Å². The predicted octanol–water partition coefficient (Wildman–Crippen LogP) is 2.80. The maximum Gasteiger partial charge on any atom is 0.411 e. The first kappa shape index (κ1) is 16.8. The molecule has 0 spiro atoms. The summed E-state index contributed by atoms with van der Waals surface area (Å²) in [4.78, 5) is 25.1. The molecule has 1 aliphatic heterocycles. The summed E-state index contributed by atoms with van der Waals surface area (Å²) < 4.78 is 10.7. The first-order chi connectivity index (χ1) is 11.2. The second-order valence-corrected chi connectivity index (χ2v) is 7.79. The SMILES string of the molecule is CC(C)(C)OC(=O)N1C[C@H](Cc2cc(C3CC3)on2)C[C@H]1C(=O)O. The van der Waals surface area contributed by atoms with Crippen molar-refractivity contribution in [3.63, 3.8) is 0 Å². The van der Waals surface area contributed by atoms with Crippen molar-refractivity contribution < 1.29 is 24.0 Å². The van der Waals surface area contributed by atoms with Crippen LogP contribution in [0.4, 0.5) is 4.79 Å². The molecule has 132 valence electrons. The molecule has 3 rings (SSSR count). The summed E-state index contributed by atoms with van der Waals surface area (Å²) in [5, 5.41) is 13.5. The van der Waals surface area contributed by atoms with Crippen molar-refractivity contribution in [3.05, 3.63) is 17.5 Å². The quantitative estimate of drug-likeness (QED) is 0.909. The Balaban J connectivity index is 1.65. The third kappa shape index (κ3) is 3.88. The van der Waals surface area contributed by atoms with Crippen molar-refractivity contribution in [1.29, 1.82) is 0 Å². The summed E-state index contributed by atoms with van der Waals surface area (Å²) in [5.41, 5.74) is 0.181. The number of carboxylic acid groups (broad SMARTS) is 1. The number of aromatic nitrogens is 1. The molecule has 0 aromatic carbocycles. The summed E-state index contributed by atoms with van der Waals surface area (Å²) in [6, 6.07) is 1.11. The van der Waals surface area contributed by atoms with Gasteiger partial charge in [0.15, 0.2) is 0 Å². The van der Waals surface area contributed by atoms with Crippen molar-refractivity contribution in [2.45, 2.75) is 64.0 Å². The largest absolute Gasteiger partial charge is 0.480 e. The van der Waals surface area contributed by atoms with Crippen molar-refractivity contribution >= 4 is 12.1 Å². The van der Waals surface area contributed by atoms with Gasteiger partial charge >= 0.3 is 12.1 Å². The van der Waals surface area contributed by atoms with Gasteiger partial charge in [0.1, 0.15) is 17.4 Å². The lowest BCUT2D eigenvalue weighted by Crippen LogP contribution is -2.43. The third-order valence-electron chi connectivity index (χ3n) is 4.36. The maximum atomic E-state index is 12.3. The van der Waals surface area contributed by atoms with Crippen molar-refractivity contribution in [2.75, 3.05) is 6.54 Å². The summed E-state index contributed by atoms with van der Waals surface area (Å²) in [6.07, 6.45) is 2.73. The van der Waals surface area contributed by atoms with Crippen LogP contribution in [0.15, 0.2) is 10.6 Å². The Kier molecular flexibility index (Phi) is 4.27. The predicted molar refractivity (Wildman–Crippen MR) is 84.7 cm³/mol. The number of amides is 1. The van der Waals surface area contributed by atoms with E-state index < -0.39 is 23.7 Å². The zero-order chi connectivity index (χ0) is 17.5. The Labute approximate surface area is 140 Å². The zero-order valence-corrected chi connectivity index (χ0v) is 14.3. The molecule has 1 amide bonds. The first-order valence-electron chi connectivity index (χ1n) is 8.41. The van der Waals surface area contributed by atoms with Crippen molar-refractivity contribution in [2.24, 2.45) is 5.92 Å². The molecular formula is C17H24N2O5. The first-order valence-corrected chi connectivity index (χ1v) is 8.41. The minimum absolute atomic E-state index is 0.0378. The molecule has 1 saturated heterocycles. The maximum absolute atomic E-state index is 12.3. The minimum Gasteiger partial charge on any atom is -0.480 e. The van der Waals surface area contributed by atoms with E-state index in [0.717, 1.165) is 24.3 Å². The fraction of sp³-hybridized carbons (Fsp3) is 0.706. The lowest BCUT2D eigenvalue weighted by atomic mass is 10.00. The van der Waals surface area contributed by atoms with Crippen LogP contribution in [0.5, 0.6) is 0 Å². The average Bonchev–Trinajstić information content (AvgIpc) is 3.05. The molecule has 7 nitrogen and oxygen atoms in total. The Morgan fingerprint density at radius 3 is 2.71 bits per heavy atom. The van der Waals surface area contributed by atoms with Gasteiger partial charge < -0.3 is 14.4 Å². The molecule has 7 heteroatoms. The van der Waals surface area contributed by atoms with Crippen LogP contribution in [-0.4, -0.2) is 45.4 Å². The average molecular weight is 336 g/mol. The van der Waals surface area contributed by atoms with Gasteiger partial charge in [-0.2, -0.15) is 0 Å². The van der Waals surface area contributed by atoms with Crippen LogP contribution in [-0.2, 0) is 16.0 Å². The highest BCUT2D eigenvalue weighted by molar-refractivity contribution is 5.81. The number of likely N-dealkylation sites (tertiary alicyclic amines) is 1. The van der Waals surface area contributed by atoms with Crippen molar-refractivity contribution in [3.8, 4) is 0 Å². The number of aliphatic carboxylic acids is 1. The summed E-state index contributed by atoms with van der Waals surface area (Å²) >= 11 is 0. The van der Waals surface area contributed by atoms with Crippen LogP contribution in [0, 0.1) is 5.92 Å². The van der Waals surface area contributed by atoms with Crippen LogP contribution in [0.2, 0.25) is 0 Å². The molecule has 1 saturated carbocycles. The number of hydrogen-bond acceptors (Lipinski definition) is 5. The normalized spacial score (nSPS) is 24.2. The van der Waals surface area contributed by atoms with Gasteiger partial charge in [-0.3, -0.25) is 4.90 Å². The fourth-order valence-corrected chi connectivity index (χ4v) is 3.11. The van der Waals surface area contributed by atoms with Crippen LogP contribution in [0.1, 0.15) is 57.4 Å². The molecule has 1 N–H and O–H groups in total. The van der Waals surface area contributed by atoms with E-state index in [-0.39, 0.29) is 5.92 Å². The molecule has 0 bridgehead atoms. The van der Waals surface area contributed by atoms with Crippen LogP contribution >= 0.6 is 0 Å². The van der Waals surface area contributed by atoms with E-state index in [1.54, 1.807) is 20.8 Å². The highest BCUT2D eigenvalue weighted by Crippen LogP contribution is 2.40. The second-order valence-electron chi connectivity index (χ2n) is 7.79. The highest BCUT2D eigenvalue weighted by Gasteiger charge is 2.41.